The van der Waals surface area contributed by atoms with E-state index < -0.39 is 10.7 Å². The van der Waals surface area contributed by atoms with Crippen molar-refractivity contribution in [2.24, 2.45) is 0 Å². The molecular formula is C12H15BrFN3O2. The molecule has 104 valence electrons. The topological polar surface area (TPSA) is 67.2 Å². The van der Waals surface area contributed by atoms with Crippen LogP contribution in [0.4, 0.5) is 15.8 Å². The quantitative estimate of drug-likeness (QED) is 0.659. The molecular weight excluding hydrogens is 317 g/mol. The van der Waals surface area contributed by atoms with Crippen molar-refractivity contribution in [3.8, 4) is 0 Å². The molecule has 1 aromatic carbocycles. The average Bonchev–Trinajstić information content (AvgIpc) is 2.33. The molecule has 0 amide bonds. The largest absolute Gasteiger partial charge is 0.377 e. The number of nitrogens with zero attached hydrogens (tertiary/aromatic N) is 1. The van der Waals surface area contributed by atoms with Crippen LogP contribution in [0.5, 0.6) is 0 Å². The minimum Gasteiger partial charge on any atom is -0.377 e. The van der Waals surface area contributed by atoms with Gasteiger partial charge in [0.1, 0.15) is 11.5 Å². The molecule has 1 heterocycles. The lowest BCUT2D eigenvalue weighted by Gasteiger charge is -2.29. The number of halogens is 2. The molecule has 0 bridgehead atoms. The third kappa shape index (κ3) is 3.42. The minimum atomic E-state index is -0.505. The first-order chi connectivity index (χ1) is 8.97. The molecule has 0 aromatic heterocycles. The predicted molar refractivity (Wildman–Crippen MR) is 74.9 cm³/mol. The highest BCUT2D eigenvalue weighted by Gasteiger charge is 2.23. The lowest BCUT2D eigenvalue weighted by molar-refractivity contribution is -0.384. The molecule has 2 N–H and O–H groups in total. The first-order valence-electron chi connectivity index (χ1n) is 6.10. The summed E-state index contributed by atoms with van der Waals surface area (Å²) in [6.45, 7) is 2.91. The Bertz CT molecular complexity index is 498. The Morgan fingerprint density at radius 3 is 2.95 bits per heavy atom. The first kappa shape index (κ1) is 14.2. The van der Waals surface area contributed by atoms with Crippen LogP contribution in [0.15, 0.2) is 16.6 Å². The van der Waals surface area contributed by atoms with Crippen LogP contribution in [0, 0.1) is 15.9 Å². The van der Waals surface area contributed by atoms with Crippen LogP contribution in [0.2, 0.25) is 0 Å². The summed E-state index contributed by atoms with van der Waals surface area (Å²) in [4.78, 5) is 10.5. The Morgan fingerprint density at radius 1 is 1.58 bits per heavy atom. The van der Waals surface area contributed by atoms with E-state index in [1.54, 1.807) is 0 Å². The molecule has 1 aromatic rings. The van der Waals surface area contributed by atoms with Gasteiger partial charge in [-0.25, -0.2) is 4.39 Å². The summed E-state index contributed by atoms with van der Waals surface area (Å²) in [6.07, 6.45) is 1.72. The highest BCUT2D eigenvalue weighted by Crippen LogP contribution is 2.31. The molecule has 0 radical (unpaired) electrons. The van der Waals surface area contributed by atoms with E-state index in [0.29, 0.717) is 6.04 Å². The highest BCUT2D eigenvalue weighted by atomic mass is 79.9. The van der Waals surface area contributed by atoms with Crippen LogP contribution in [-0.4, -0.2) is 23.6 Å². The number of nitrogens with one attached hydrogen (secondary N) is 2. The van der Waals surface area contributed by atoms with Gasteiger partial charge in [-0.1, -0.05) is 0 Å². The molecule has 7 heteroatoms. The Morgan fingerprint density at radius 2 is 2.32 bits per heavy atom. The number of nitro benzene ring substituents is 1. The van der Waals surface area contributed by atoms with Crippen molar-refractivity contribution in [1.82, 2.24) is 5.32 Å². The van der Waals surface area contributed by atoms with Crippen molar-refractivity contribution in [2.45, 2.75) is 31.8 Å². The second-order valence-corrected chi connectivity index (χ2v) is 5.62. The summed E-state index contributed by atoms with van der Waals surface area (Å²) in [5, 5.41) is 17.4. The summed E-state index contributed by atoms with van der Waals surface area (Å²) < 4.78 is 13.6. The van der Waals surface area contributed by atoms with E-state index in [1.165, 1.54) is 12.1 Å². The molecule has 19 heavy (non-hydrogen) atoms. The molecule has 1 saturated heterocycles. The van der Waals surface area contributed by atoms with Crippen LogP contribution >= 0.6 is 15.9 Å². The van der Waals surface area contributed by atoms with E-state index in [-0.39, 0.29) is 21.9 Å². The standard InChI is InChI=1S/C12H15BrFN3O2/c1-7-4-8(2-3-15-7)16-11-6-10(14)9(13)5-12(11)17(18)19/h5-8,15-16H,2-4H2,1H3. The van der Waals surface area contributed by atoms with E-state index in [0.717, 1.165) is 19.4 Å². The molecule has 1 aliphatic heterocycles. The van der Waals surface area contributed by atoms with E-state index in [9.17, 15) is 14.5 Å². The Balaban J connectivity index is 2.23. The van der Waals surface area contributed by atoms with Crippen molar-refractivity contribution in [3.05, 3.63) is 32.5 Å². The van der Waals surface area contributed by atoms with Gasteiger partial charge in [0, 0.05) is 24.2 Å². The monoisotopic (exact) mass is 331 g/mol. The summed E-state index contributed by atoms with van der Waals surface area (Å²) in [6, 6.07) is 2.85. The van der Waals surface area contributed by atoms with E-state index in [2.05, 4.69) is 33.5 Å². The normalized spacial score (nSPS) is 23.1. The van der Waals surface area contributed by atoms with Gasteiger partial charge in [-0.05, 0) is 42.2 Å². The van der Waals surface area contributed by atoms with E-state index in [1.807, 2.05) is 0 Å². The number of nitro groups is 1. The fraction of sp³-hybridized carbons (Fsp3) is 0.500. The minimum absolute atomic E-state index is 0.100. The van der Waals surface area contributed by atoms with Crippen molar-refractivity contribution in [3.63, 3.8) is 0 Å². The zero-order valence-electron chi connectivity index (χ0n) is 10.5. The zero-order chi connectivity index (χ0) is 14.0. The van der Waals surface area contributed by atoms with Gasteiger partial charge in [0.05, 0.1) is 9.40 Å². The number of anilines is 1. The fourth-order valence-corrected chi connectivity index (χ4v) is 2.62. The van der Waals surface area contributed by atoms with E-state index in [4.69, 9.17) is 0 Å². The van der Waals surface area contributed by atoms with Gasteiger partial charge in [-0.2, -0.15) is 0 Å². The Labute approximate surface area is 118 Å². The summed E-state index contributed by atoms with van der Waals surface area (Å²) in [7, 11) is 0. The molecule has 0 spiro atoms. The van der Waals surface area contributed by atoms with Gasteiger partial charge in [0.15, 0.2) is 0 Å². The molecule has 1 fully saturated rings. The molecule has 0 saturated carbocycles. The molecule has 2 unspecified atom stereocenters. The van der Waals surface area contributed by atoms with Gasteiger partial charge in [0.25, 0.3) is 5.69 Å². The first-order valence-corrected chi connectivity index (χ1v) is 6.90. The van der Waals surface area contributed by atoms with Gasteiger partial charge in [0.2, 0.25) is 0 Å². The maximum Gasteiger partial charge on any atom is 0.293 e. The van der Waals surface area contributed by atoms with Crippen LogP contribution < -0.4 is 10.6 Å². The second-order valence-electron chi connectivity index (χ2n) is 4.76. The van der Waals surface area contributed by atoms with Crippen molar-refractivity contribution >= 4 is 27.3 Å². The summed E-state index contributed by atoms with van der Waals surface area (Å²) >= 11 is 2.97. The van der Waals surface area contributed by atoms with Crippen molar-refractivity contribution in [2.75, 3.05) is 11.9 Å². The fourth-order valence-electron chi connectivity index (χ4n) is 2.29. The third-order valence-corrected chi connectivity index (χ3v) is 3.83. The van der Waals surface area contributed by atoms with Gasteiger partial charge in [-0.3, -0.25) is 10.1 Å². The lowest BCUT2D eigenvalue weighted by Crippen LogP contribution is -2.41. The van der Waals surface area contributed by atoms with Crippen molar-refractivity contribution in [1.29, 1.82) is 0 Å². The SMILES string of the molecule is CC1CC(Nc2cc(F)c(Br)cc2[N+](=O)[O-])CCN1. The Hall–Kier alpha value is -1.21. The maximum absolute atomic E-state index is 13.5. The number of rotatable bonds is 3. The molecule has 2 atom stereocenters. The smallest absolute Gasteiger partial charge is 0.293 e. The lowest BCUT2D eigenvalue weighted by atomic mass is 10.0. The average molecular weight is 332 g/mol. The predicted octanol–water partition coefficient (Wildman–Crippen LogP) is 3.05. The highest BCUT2D eigenvalue weighted by molar-refractivity contribution is 9.10. The number of hydrogen-bond acceptors (Lipinski definition) is 4. The van der Waals surface area contributed by atoms with Gasteiger partial charge < -0.3 is 10.6 Å². The van der Waals surface area contributed by atoms with Crippen LogP contribution in [0.1, 0.15) is 19.8 Å². The maximum atomic E-state index is 13.5. The van der Waals surface area contributed by atoms with Gasteiger partial charge in [-0.15, -0.1) is 0 Å². The molecule has 0 aliphatic carbocycles. The molecule has 5 nitrogen and oxygen atoms in total. The zero-order valence-corrected chi connectivity index (χ0v) is 12.0. The van der Waals surface area contributed by atoms with Gasteiger partial charge >= 0.3 is 0 Å². The number of benzene rings is 1. The number of hydrogen-bond donors (Lipinski definition) is 2. The number of piperidine rings is 1. The Kier molecular flexibility index (Phi) is 4.36. The molecule has 1 aliphatic rings. The summed E-state index contributed by atoms with van der Waals surface area (Å²) in [5.74, 6) is -0.505. The third-order valence-electron chi connectivity index (χ3n) is 3.22. The van der Waals surface area contributed by atoms with E-state index >= 15 is 0 Å². The van der Waals surface area contributed by atoms with Crippen molar-refractivity contribution < 1.29 is 9.31 Å². The van der Waals surface area contributed by atoms with Crippen LogP contribution in [0.3, 0.4) is 0 Å². The van der Waals surface area contributed by atoms with Crippen LogP contribution in [-0.2, 0) is 0 Å². The molecule has 2 rings (SSSR count). The van der Waals surface area contributed by atoms with Crippen LogP contribution in [0.25, 0.3) is 0 Å². The summed E-state index contributed by atoms with van der Waals surface area (Å²) in [5.41, 5.74) is 0.129. The second kappa shape index (κ2) is 5.83.